The second kappa shape index (κ2) is 38.6. The Bertz CT molecular complexity index is 393. The molecule has 0 aromatic carbocycles. The lowest BCUT2D eigenvalue weighted by Gasteiger charge is -2.08. The van der Waals surface area contributed by atoms with Gasteiger partial charge in [-0.25, -0.2) is 9.78 Å². The van der Waals surface area contributed by atoms with Crippen molar-refractivity contribution in [3.05, 3.63) is 0 Å². The summed E-state index contributed by atoms with van der Waals surface area (Å²) in [5.41, 5.74) is 0. The van der Waals surface area contributed by atoms with Crippen molar-refractivity contribution in [1.29, 1.82) is 0 Å². The Labute approximate surface area is 244 Å². The second-order valence-electron chi connectivity index (χ2n) is 9.31. The molecule has 0 aromatic rings. The average molecular weight is 583 g/mol. The molecule has 242 valence electrons. The molecular weight excluding hydrogens is 520 g/mol. The molecule has 0 amide bonds. The van der Waals surface area contributed by atoms with Gasteiger partial charge in [-0.2, -0.15) is 0 Å². The van der Waals surface area contributed by atoms with Crippen molar-refractivity contribution >= 4 is 0 Å². The number of hydrogen-bond acceptors (Lipinski definition) is 10. The van der Waals surface area contributed by atoms with Crippen LogP contribution in [0.4, 0.5) is 0 Å². The van der Waals surface area contributed by atoms with Gasteiger partial charge in [0.25, 0.3) is 0 Å². The first-order valence-electron chi connectivity index (χ1n) is 15.8. The molecule has 0 atom stereocenters. The van der Waals surface area contributed by atoms with E-state index in [-0.39, 0.29) is 0 Å². The smallest absolute Gasteiger partial charge is 0.106 e. The first kappa shape index (κ1) is 39.6. The van der Waals surface area contributed by atoms with Crippen LogP contribution in [0.15, 0.2) is 0 Å². The van der Waals surface area contributed by atoms with E-state index in [0.29, 0.717) is 119 Å². The van der Waals surface area contributed by atoms with Gasteiger partial charge in [0.1, 0.15) is 6.61 Å². The van der Waals surface area contributed by atoms with Crippen LogP contribution in [0.25, 0.3) is 0 Å². The summed E-state index contributed by atoms with van der Waals surface area (Å²) in [6, 6.07) is 0. The summed E-state index contributed by atoms with van der Waals surface area (Å²) in [6.07, 6.45) is 13.1. The predicted molar refractivity (Wildman–Crippen MR) is 156 cm³/mol. The molecule has 0 aliphatic heterocycles. The predicted octanol–water partition coefficient (Wildman–Crippen LogP) is 5.01. The molecule has 0 aliphatic carbocycles. The Morgan fingerprint density at radius 3 is 0.875 bits per heavy atom. The first-order valence-corrected chi connectivity index (χ1v) is 15.8. The largest absolute Gasteiger partial charge is 0.379 e. The molecule has 10 nitrogen and oxygen atoms in total. The molecule has 0 spiro atoms. The summed E-state index contributed by atoms with van der Waals surface area (Å²) in [6.45, 7) is 14.2. The molecule has 10 heteroatoms. The third-order valence-corrected chi connectivity index (χ3v) is 5.78. The fourth-order valence-corrected chi connectivity index (χ4v) is 3.54. The fourth-order valence-electron chi connectivity index (χ4n) is 3.54. The Balaban J connectivity index is 3.01. The molecule has 0 N–H and O–H groups in total. The van der Waals surface area contributed by atoms with E-state index >= 15 is 0 Å². The van der Waals surface area contributed by atoms with E-state index in [0.717, 1.165) is 6.42 Å². The van der Waals surface area contributed by atoms with Crippen molar-refractivity contribution < 1.29 is 47.7 Å². The molecule has 0 bridgehead atoms. The van der Waals surface area contributed by atoms with E-state index in [1.165, 1.54) is 57.8 Å². The fraction of sp³-hybridized carbons (Fsp3) is 1.00. The monoisotopic (exact) mass is 582 g/mol. The van der Waals surface area contributed by atoms with Crippen molar-refractivity contribution in [2.75, 3.05) is 119 Å². The maximum Gasteiger partial charge on any atom is 0.106 e. The van der Waals surface area contributed by atoms with Crippen LogP contribution in [0, 0.1) is 0 Å². The normalized spacial score (nSPS) is 11.6. The van der Waals surface area contributed by atoms with Crippen LogP contribution in [0.3, 0.4) is 0 Å². The zero-order valence-corrected chi connectivity index (χ0v) is 25.9. The number of hydrogen-bond donors (Lipinski definition) is 0. The summed E-state index contributed by atoms with van der Waals surface area (Å²) >= 11 is 0. The molecular formula is C30H62O10. The third-order valence-electron chi connectivity index (χ3n) is 5.78. The van der Waals surface area contributed by atoms with Gasteiger partial charge in [-0.1, -0.05) is 64.7 Å². The average Bonchev–Trinajstić information content (AvgIpc) is 2.97. The lowest BCUT2D eigenvalue weighted by molar-refractivity contribution is -0.299. The molecule has 0 radical (unpaired) electrons. The molecule has 0 rings (SSSR count). The van der Waals surface area contributed by atoms with E-state index in [1.54, 1.807) is 0 Å². The van der Waals surface area contributed by atoms with Crippen LogP contribution in [0.2, 0.25) is 0 Å². The Hall–Kier alpha value is -0.400. The summed E-state index contributed by atoms with van der Waals surface area (Å²) in [5.74, 6) is 0. The summed E-state index contributed by atoms with van der Waals surface area (Å²) in [5, 5.41) is 0. The molecule has 0 aliphatic rings. The van der Waals surface area contributed by atoms with Crippen molar-refractivity contribution in [2.24, 2.45) is 0 Å². The molecule has 0 unspecified atom stereocenters. The van der Waals surface area contributed by atoms with Crippen LogP contribution in [0.5, 0.6) is 0 Å². The highest BCUT2D eigenvalue weighted by Crippen LogP contribution is 2.10. The summed E-state index contributed by atoms with van der Waals surface area (Å²) < 4.78 is 43.3. The van der Waals surface area contributed by atoms with Gasteiger partial charge in [0.15, 0.2) is 0 Å². The summed E-state index contributed by atoms with van der Waals surface area (Å²) in [7, 11) is 0. The number of unbranched alkanes of at least 4 members (excludes halogenated alkanes) is 9. The van der Waals surface area contributed by atoms with Crippen molar-refractivity contribution in [1.82, 2.24) is 0 Å². The molecule has 0 aromatic heterocycles. The first-order chi connectivity index (χ1) is 19.9. The SMILES string of the molecule is CCCCCCCCCCCCOOCCOCCOCCOCCOCCOCCOCCOCCOCC. The van der Waals surface area contributed by atoms with E-state index in [2.05, 4.69) is 6.92 Å². The van der Waals surface area contributed by atoms with E-state index in [4.69, 9.17) is 47.7 Å². The zero-order chi connectivity index (χ0) is 28.9. The van der Waals surface area contributed by atoms with Gasteiger partial charge in [0.2, 0.25) is 0 Å². The highest BCUT2D eigenvalue weighted by Gasteiger charge is 1.97. The third kappa shape index (κ3) is 37.6. The van der Waals surface area contributed by atoms with Gasteiger partial charge in [-0.15, -0.1) is 0 Å². The lowest BCUT2D eigenvalue weighted by atomic mass is 10.1. The van der Waals surface area contributed by atoms with E-state index < -0.39 is 0 Å². The van der Waals surface area contributed by atoms with Crippen LogP contribution < -0.4 is 0 Å². The van der Waals surface area contributed by atoms with Crippen LogP contribution >= 0.6 is 0 Å². The van der Waals surface area contributed by atoms with Crippen molar-refractivity contribution in [2.45, 2.75) is 78.1 Å². The Morgan fingerprint density at radius 2 is 0.525 bits per heavy atom. The highest BCUT2D eigenvalue weighted by molar-refractivity contribution is 4.47. The van der Waals surface area contributed by atoms with E-state index in [1.807, 2.05) is 6.92 Å². The minimum atomic E-state index is 0.435. The minimum absolute atomic E-state index is 0.435. The van der Waals surface area contributed by atoms with E-state index in [9.17, 15) is 0 Å². The van der Waals surface area contributed by atoms with Gasteiger partial charge in [0, 0.05) is 6.61 Å². The Morgan fingerprint density at radius 1 is 0.250 bits per heavy atom. The number of ether oxygens (including phenoxy) is 8. The zero-order valence-electron chi connectivity index (χ0n) is 25.9. The lowest BCUT2D eigenvalue weighted by Crippen LogP contribution is -2.15. The van der Waals surface area contributed by atoms with Crippen LogP contribution in [-0.2, 0) is 47.7 Å². The molecule has 0 fully saturated rings. The topological polar surface area (TPSA) is 92.3 Å². The highest BCUT2D eigenvalue weighted by atomic mass is 17.2. The molecule has 0 saturated carbocycles. The Kier molecular flexibility index (Phi) is 38.2. The molecule has 40 heavy (non-hydrogen) atoms. The van der Waals surface area contributed by atoms with Crippen molar-refractivity contribution in [3.63, 3.8) is 0 Å². The van der Waals surface area contributed by atoms with Crippen LogP contribution in [-0.4, -0.2) is 119 Å². The van der Waals surface area contributed by atoms with Crippen molar-refractivity contribution in [3.8, 4) is 0 Å². The van der Waals surface area contributed by atoms with Gasteiger partial charge >= 0.3 is 0 Å². The minimum Gasteiger partial charge on any atom is -0.379 e. The van der Waals surface area contributed by atoms with Gasteiger partial charge < -0.3 is 37.9 Å². The quantitative estimate of drug-likeness (QED) is 0.0566. The standard InChI is InChI=1S/C30H62O10/c1-3-5-6-7-8-9-10-11-12-13-14-39-40-30-29-38-28-27-37-26-25-36-24-23-35-22-21-34-20-19-33-18-17-32-16-15-31-4-2/h3-30H2,1-2H3. The maximum absolute atomic E-state index is 5.48. The van der Waals surface area contributed by atoms with Gasteiger partial charge in [-0.05, 0) is 13.3 Å². The number of rotatable bonds is 37. The molecule has 0 heterocycles. The van der Waals surface area contributed by atoms with Crippen LogP contribution in [0.1, 0.15) is 78.1 Å². The van der Waals surface area contributed by atoms with Gasteiger partial charge in [0.05, 0.1) is 106 Å². The summed E-state index contributed by atoms with van der Waals surface area (Å²) in [4.78, 5) is 10.3. The second-order valence-corrected chi connectivity index (χ2v) is 9.31. The molecule has 0 saturated heterocycles. The maximum atomic E-state index is 5.48. The van der Waals surface area contributed by atoms with Gasteiger partial charge in [-0.3, -0.25) is 0 Å².